The molecular formula is C19H19F2NO4S. The molecule has 0 radical (unpaired) electrons. The van der Waals surface area contributed by atoms with Crippen LogP contribution in [0.4, 0.5) is 8.78 Å². The van der Waals surface area contributed by atoms with Crippen LogP contribution in [0.2, 0.25) is 0 Å². The Bertz CT molecular complexity index is 898. The summed E-state index contributed by atoms with van der Waals surface area (Å²) in [5, 5.41) is 0. The topological polar surface area (TPSA) is 63.7 Å². The first kappa shape index (κ1) is 19.3. The highest BCUT2D eigenvalue weighted by molar-refractivity contribution is 7.91. The van der Waals surface area contributed by atoms with E-state index in [4.69, 9.17) is 4.74 Å². The third-order valence-corrected chi connectivity index (χ3v) is 6.16. The number of nitrogens with zero attached hydrogens (tertiary/aromatic N) is 1. The van der Waals surface area contributed by atoms with E-state index in [0.29, 0.717) is 17.7 Å². The van der Waals surface area contributed by atoms with Crippen LogP contribution in [0, 0.1) is 11.6 Å². The Labute approximate surface area is 156 Å². The summed E-state index contributed by atoms with van der Waals surface area (Å²) < 4.78 is 55.1. The van der Waals surface area contributed by atoms with Gasteiger partial charge < -0.3 is 9.64 Å². The lowest BCUT2D eigenvalue weighted by atomic mass is 10.1. The highest BCUT2D eigenvalue weighted by atomic mass is 32.2. The minimum Gasteiger partial charge on any atom is -0.484 e. The van der Waals surface area contributed by atoms with Crippen LogP contribution in [0.5, 0.6) is 5.75 Å². The summed E-state index contributed by atoms with van der Waals surface area (Å²) in [6, 6.07) is 10.5. The lowest BCUT2D eigenvalue weighted by molar-refractivity contribution is -0.136. The molecule has 0 saturated carbocycles. The van der Waals surface area contributed by atoms with E-state index in [1.54, 1.807) is 12.1 Å². The van der Waals surface area contributed by atoms with Crippen LogP contribution >= 0.6 is 0 Å². The molecular weight excluding hydrogens is 376 g/mol. The number of rotatable bonds is 6. The number of hydrogen-bond donors (Lipinski definition) is 0. The standard InChI is InChI=1S/C19H19F2NO4S/c20-15-3-1-14(2-4-15)11-22(17-9-10-27(24,25)13-17)19(23)12-26-18-7-5-16(21)6-8-18/h1-8,17H,9-13H2. The van der Waals surface area contributed by atoms with Gasteiger partial charge in [0.25, 0.3) is 5.91 Å². The summed E-state index contributed by atoms with van der Waals surface area (Å²) in [7, 11) is -3.18. The third-order valence-electron chi connectivity index (χ3n) is 4.41. The SMILES string of the molecule is O=C(COc1ccc(F)cc1)N(Cc1ccc(F)cc1)C1CCS(=O)(=O)C1. The second kappa shape index (κ2) is 8.04. The number of carbonyl (C=O) groups is 1. The number of benzene rings is 2. The molecule has 0 aromatic heterocycles. The molecule has 1 amide bonds. The van der Waals surface area contributed by atoms with Crippen LogP contribution in [0.1, 0.15) is 12.0 Å². The molecule has 1 aliphatic heterocycles. The van der Waals surface area contributed by atoms with Gasteiger partial charge in [-0.3, -0.25) is 4.79 Å². The van der Waals surface area contributed by atoms with Crippen molar-refractivity contribution in [2.45, 2.75) is 19.0 Å². The van der Waals surface area contributed by atoms with Crippen LogP contribution in [0.15, 0.2) is 48.5 Å². The lowest BCUT2D eigenvalue weighted by Crippen LogP contribution is -2.43. The maximum Gasteiger partial charge on any atom is 0.261 e. The fourth-order valence-corrected chi connectivity index (χ4v) is 4.72. The molecule has 0 aliphatic carbocycles. The summed E-state index contributed by atoms with van der Waals surface area (Å²) in [5.41, 5.74) is 0.691. The monoisotopic (exact) mass is 395 g/mol. The van der Waals surface area contributed by atoms with Gasteiger partial charge >= 0.3 is 0 Å². The Kier molecular flexibility index (Phi) is 5.74. The fourth-order valence-electron chi connectivity index (χ4n) is 2.99. The largest absolute Gasteiger partial charge is 0.484 e. The second-order valence-corrected chi connectivity index (χ2v) is 8.68. The second-order valence-electron chi connectivity index (χ2n) is 6.45. The minimum atomic E-state index is -3.18. The van der Waals surface area contributed by atoms with E-state index < -0.39 is 21.7 Å². The van der Waals surface area contributed by atoms with Crippen molar-refractivity contribution in [1.82, 2.24) is 4.90 Å². The van der Waals surface area contributed by atoms with E-state index >= 15 is 0 Å². The van der Waals surface area contributed by atoms with Gasteiger partial charge in [0.2, 0.25) is 0 Å². The smallest absolute Gasteiger partial charge is 0.261 e. The van der Waals surface area contributed by atoms with E-state index in [-0.39, 0.29) is 36.4 Å². The van der Waals surface area contributed by atoms with Gasteiger partial charge in [-0.25, -0.2) is 17.2 Å². The van der Waals surface area contributed by atoms with Crippen molar-refractivity contribution in [2.24, 2.45) is 0 Å². The van der Waals surface area contributed by atoms with Crippen LogP contribution < -0.4 is 4.74 Å². The van der Waals surface area contributed by atoms with E-state index in [1.807, 2.05) is 0 Å². The fraction of sp³-hybridized carbons (Fsp3) is 0.316. The molecule has 27 heavy (non-hydrogen) atoms. The molecule has 0 bridgehead atoms. The Hall–Kier alpha value is -2.48. The normalized spacial score (nSPS) is 18.2. The molecule has 0 spiro atoms. The zero-order valence-corrected chi connectivity index (χ0v) is 15.3. The molecule has 1 saturated heterocycles. The molecule has 1 heterocycles. The quantitative estimate of drug-likeness (QED) is 0.754. The third kappa shape index (κ3) is 5.26. The summed E-state index contributed by atoms with van der Waals surface area (Å²) >= 11 is 0. The van der Waals surface area contributed by atoms with E-state index in [1.165, 1.54) is 41.3 Å². The van der Waals surface area contributed by atoms with E-state index in [9.17, 15) is 22.0 Å². The van der Waals surface area contributed by atoms with Crippen molar-refractivity contribution < 1.29 is 26.7 Å². The van der Waals surface area contributed by atoms with Gasteiger partial charge in [0, 0.05) is 12.6 Å². The molecule has 1 atom stereocenters. The molecule has 1 fully saturated rings. The van der Waals surface area contributed by atoms with Crippen LogP contribution in [-0.2, 0) is 21.2 Å². The van der Waals surface area contributed by atoms with Crippen LogP contribution in [0.3, 0.4) is 0 Å². The van der Waals surface area contributed by atoms with Crippen molar-refractivity contribution in [2.75, 3.05) is 18.1 Å². The molecule has 1 unspecified atom stereocenters. The highest BCUT2D eigenvalue weighted by Gasteiger charge is 2.34. The van der Waals surface area contributed by atoms with Gasteiger partial charge in [0.15, 0.2) is 16.4 Å². The maximum absolute atomic E-state index is 13.1. The van der Waals surface area contributed by atoms with Crippen molar-refractivity contribution in [3.05, 3.63) is 65.7 Å². The van der Waals surface area contributed by atoms with Crippen molar-refractivity contribution in [3.63, 3.8) is 0 Å². The van der Waals surface area contributed by atoms with Gasteiger partial charge in [-0.1, -0.05) is 12.1 Å². The Morgan fingerprint density at radius 1 is 1.04 bits per heavy atom. The summed E-state index contributed by atoms with van der Waals surface area (Å²) in [5.74, 6) is -0.918. The molecule has 144 valence electrons. The Morgan fingerprint density at radius 2 is 1.63 bits per heavy atom. The zero-order chi connectivity index (χ0) is 19.4. The van der Waals surface area contributed by atoms with Gasteiger partial charge in [-0.05, 0) is 48.4 Å². The number of sulfone groups is 1. The van der Waals surface area contributed by atoms with Crippen LogP contribution in [-0.4, -0.2) is 43.4 Å². The van der Waals surface area contributed by atoms with Crippen LogP contribution in [0.25, 0.3) is 0 Å². The first-order valence-corrected chi connectivity index (χ1v) is 10.3. The minimum absolute atomic E-state index is 0.0314. The number of carbonyl (C=O) groups excluding carboxylic acids is 1. The Morgan fingerprint density at radius 3 is 2.19 bits per heavy atom. The van der Waals surface area contributed by atoms with E-state index in [0.717, 1.165) is 0 Å². The predicted molar refractivity (Wildman–Crippen MR) is 95.9 cm³/mol. The van der Waals surface area contributed by atoms with Gasteiger partial charge in [-0.2, -0.15) is 0 Å². The summed E-state index contributed by atoms with van der Waals surface area (Å²) in [6.45, 7) is -0.143. The first-order chi connectivity index (χ1) is 12.8. The molecule has 3 rings (SSSR count). The zero-order valence-electron chi connectivity index (χ0n) is 14.5. The molecule has 0 N–H and O–H groups in total. The first-order valence-electron chi connectivity index (χ1n) is 8.45. The summed E-state index contributed by atoms with van der Waals surface area (Å²) in [6.07, 6.45) is 0.353. The van der Waals surface area contributed by atoms with Crippen molar-refractivity contribution in [3.8, 4) is 5.75 Å². The number of halogens is 2. The Balaban J connectivity index is 1.72. The average molecular weight is 395 g/mol. The van der Waals surface area contributed by atoms with Gasteiger partial charge in [0.05, 0.1) is 11.5 Å². The molecule has 1 aliphatic rings. The van der Waals surface area contributed by atoms with Gasteiger partial charge in [-0.15, -0.1) is 0 Å². The maximum atomic E-state index is 13.1. The number of ether oxygens (including phenoxy) is 1. The predicted octanol–water partition coefficient (Wildman–Crippen LogP) is 2.56. The molecule has 2 aromatic carbocycles. The molecule has 8 heteroatoms. The van der Waals surface area contributed by atoms with Gasteiger partial charge in [0.1, 0.15) is 17.4 Å². The lowest BCUT2D eigenvalue weighted by Gasteiger charge is -2.28. The van der Waals surface area contributed by atoms with E-state index in [2.05, 4.69) is 0 Å². The molecule has 5 nitrogen and oxygen atoms in total. The van der Waals surface area contributed by atoms with Crippen molar-refractivity contribution >= 4 is 15.7 Å². The summed E-state index contributed by atoms with van der Waals surface area (Å²) in [4.78, 5) is 14.2. The number of amides is 1. The highest BCUT2D eigenvalue weighted by Crippen LogP contribution is 2.21. The average Bonchev–Trinajstić information content (AvgIpc) is 3.00. The number of hydrogen-bond acceptors (Lipinski definition) is 4. The molecule has 2 aromatic rings. The van der Waals surface area contributed by atoms with Crippen molar-refractivity contribution in [1.29, 1.82) is 0 Å².